The van der Waals surface area contributed by atoms with Crippen molar-refractivity contribution in [2.45, 2.75) is 31.7 Å². The van der Waals surface area contributed by atoms with Crippen LogP contribution in [0.5, 0.6) is 0 Å². The van der Waals surface area contributed by atoms with Crippen LogP contribution in [-0.4, -0.2) is 36.9 Å². The van der Waals surface area contributed by atoms with Crippen LogP contribution in [0.1, 0.15) is 13.8 Å². The molecule has 0 aromatic carbocycles. The lowest BCUT2D eigenvalue weighted by atomic mass is 9.93. The van der Waals surface area contributed by atoms with Crippen molar-refractivity contribution >= 4 is 0 Å². The zero-order chi connectivity index (χ0) is 7.94. The molecule has 2 unspecified atom stereocenters. The van der Waals surface area contributed by atoms with E-state index in [1.807, 2.05) is 32.8 Å². The summed E-state index contributed by atoms with van der Waals surface area (Å²) in [6.07, 6.45) is 0.201. The van der Waals surface area contributed by atoms with Crippen molar-refractivity contribution in [2.24, 2.45) is 5.73 Å². The van der Waals surface area contributed by atoms with Crippen molar-refractivity contribution < 1.29 is 4.74 Å². The molecular weight excluding hydrogens is 128 g/mol. The van der Waals surface area contributed by atoms with Gasteiger partial charge in [0.1, 0.15) is 5.72 Å². The average molecular weight is 144 g/mol. The first-order chi connectivity index (χ1) is 4.48. The third-order valence-corrected chi connectivity index (χ3v) is 2.44. The highest BCUT2D eigenvalue weighted by Gasteiger charge is 2.49. The van der Waals surface area contributed by atoms with Gasteiger partial charge in [0.15, 0.2) is 0 Å². The molecule has 0 saturated carbocycles. The standard InChI is InChI=1S/C7H16N2O/c1-5-6(8)7(2,10-5)9(3)4/h5-6H,8H2,1-4H3/t5?,6-,7?/m0/s1. The second kappa shape index (κ2) is 2.19. The Bertz CT molecular complexity index is 138. The first-order valence-corrected chi connectivity index (χ1v) is 3.59. The second-order valence-corrected chi connectivity index (χ2v) is 3.30. The molecule has 1 aliphatic heterocycles. The first-order valence-electron chi connectivity index (χ1n) is 3.59. The summed E-state index contributed by atoms with van der Waals surface area (Å²) < 4.78 is 5.50. The van der Waals surface area contributed by atoms with Crippen LogP contribution in [0.2, 0.25) is 0 Å². The van der Waals surface area contributed by atoms with Crippen molar-refractivity contribution in [1.29, 1.82) is 0 Å². The molecular formula is C7H16N2O. The van der Waals surface area contributed by atoms with E-state index in [-0.39, 0.29) is 17.9 Å². The van der Waals surface area contributed by atoms with E-state index in [9.17, 15) is 0 Å². The number of ether oxygens (including phenoxy) is 1. The van der Waals surface area contributed by atoms with Crippen molar-refractivity contribution in [3.05, 3.63) is 0 Å². The average Bonchev–Trinajstić information content (AvgIpc) is 1.87. The second-order valence-electron chi connectivity index (χ2n) is 3.30. The van der Waals surface area contributed by atoms with E-state index in [2.05, 4.69) is 0 Å². The van der Waals surface area contributed by atoms with Crippen LogP contribution >= 0.6 is 0 Å². The van der Waals surface area contributed by atoms with Gasteiger partial charge < -0.3 is 10.5 Å². The van der Waals surface area contributed by atoms with Crippen molar-refractivity contribution in [3.63, 3.8) is 0 Å². The molecule has 3 nitrogen and oxygen atoms in total. The Kier molecular flexibility index (Phi) is 1.75. The summed E-state index contributed by atoms with van der Waals surface area (Å²) in [4.78, 5) is 2.01. The van der Waals surface area contributed by atoms with Crippen LogP contribution in [0.15, 0.2) is 0 Å². The summed E-state index contributed by atoms with van der Waals surface area (Å²) in [5, 5.41) is 0. The molecule has 10 heavy (non-hydrogen) atoms. The van der Waals surface area contributed by atoms with Crippen molar-refractivity contribution in [3.8, 4) is 0 Å². The van der Waals surface area contributed by atoms with Gasteiger partial charge in [-0.2, -0.15) is 0 Å². The van der Waals surface area contributed by atoms with E-state index >= 15 is 0 Å². The van der Waals surface area contributed by atoms with Gasteiger partial charge in [0.2, 0.25) is 0 Å². The minimum atomic E-state index is -0.237. The molecule has 3 atom stereocenters. The molecule has 0 aromatic heterocycles. The third-order valence-electron chi connectivity index (χ3n) is 2.44. The van der Waals surface area contributed by atoms with Gasteiger partial charge in [-0.1, -0.05) is 0 Å². The highest BCUT2D eigenvalue weighted by Crippen LogP contribution is 2.32. The maximum atomic E-state index is 5.83. The minimum absolute atomic E-state index is 0.141. The monoisotopic (exact) mass is 144 g/mol. The summed E-state index contributed by atoms with van der Waals surface area (Å²) in [6, 6.07) is 0.141. The molecule has 1 heterocycles. The molecule has 60 valence electrons. The Balaban J connectivity index is 2.58. The molecule has 1 rings (SSSR count). The molecule has 0 aromatic rings. The van der Waals surface area contributed by atoms with Crippen LogP contribution < -0.4 is 5.73 Å². The number of hydrogen-bond donors (Lipinski definition) is 1. The van der Waals surface area contributed by atoms with Gasteiger partial charge in [-0.15, -0.1) is 0 Å². The van der Waals surface area contributed by atoms with E-state index < -0.39 is 0 Å². The fourth-order valence-corrected chi connectivity index (χ4v) is 1.29. The summed E-state index contributed by atoms with van der Waals surface area (Å²) in [6.45, 7) is 4.01. The van der Waals surface area contributed by atoms with Gasteiger partial charge in [0.25, 0.3) is 0 Å². The van der Waals surface area contributed by atoms with Gasteiger partial charge >= 0.3 is 0 Å². The van der Waals surface area contributed by atoms with Crippen LogP contribution in [-0.2, 0) is 4.74 Å². The molecule has 0 spiro atoms. The summed E-state index contributed by atoms with van der Waals surface area (Å²) in [7, 11) is 3.96. The lowest BCUT2D eigenvalue weighted by Gasteiger charge is -2.53. The Morgan fingerprint density at radius 3 is 2.10 bits per heavy atom. The van der Waals surface area contributed by atoms with Crippen LogP contribution in [0.3, 0.4) is 0 Å². The predicted octanol–water partition coefficient (Wildman–Crippen LogP) is 0.0102. The molecule has 0 amide bonds. The minimum Gasteiger partial charge on any atom is -0.354 e. The Hall–Kier alpha value is -0.120. The molecule has 0 bridgehead atoms. The normalized spacial score (nSPS) is 47.4. The van der Waals surface area contributed by atoms with Gasteiger partial charge in [0, 0.05) is 0 Å². The molecule has 0 aliphatic carbocycles. The predicted molar refractivity (Wildman–Crippen MR) is 40.6 cm³/mol. The number of hydrogen-bond acceptors (Lipinski definition) is 3. The Labute approximate surface area is 62.1 Å². The molecule has 3 heteroatoms. The summed E-state index contributed by atoms with van der Waals surface area (Å²) >= 11 is 0. The smallest absolute Gasteiger partial charge is 0.136 e. The highest BCUT2D eigenvalue weighted by atomic mass is 16.6. The maximum Gasteiger partial charge on any atom is 0.136 e. The molecule has 1 fully saturated rings. The SMILES string of the molecule is CC1OC(C)(N(C)C)[C@H]1N. The first kappa shape index (κ1) is 7.98. The van der Waals surface area contributed by atoms with Crippen LogP contribution in [0, 0.1) is 0 Å². The van der Waals surface area contributed by atoms with E-state index in [4.69, 9.17) is 10.5 Å². The third kappa shape index (κ3) is 0.856. The van der Waals surface area contributed by atoms with E-state index in [0.717, 1.165) is 0 Å². The molecule has 0 radical (unpaired) electrons. The zero-order valence-electron chi connectivity index (χ0n) is 7.09. The van der Waals surface area contributed by atoms with E-state index in [1.165, 1.54) is 0 Å². The fraction of sp³-hybridized carbons (Fsp3) is 1.00. The largest absolute Gasteiger partial charge is 0.354 e. The fourth-order valence-electron chi connectivity index (χ4n) is 1.29. The Morgan fingerprint density at radius 2 is 2.00 bits per heavy atom. The molecule has 1 aliphatic rings. The van der Waals surface area contributed by atoms with Gasteiger partial charge in [-0.05, 0) is 27.9 Å². The highest BCUT2D eigenvalue weighted by molar-refractivity contribution is 4.98. The number of nitrogens with zero attached hydrogens (tertiary/aromatic N) is 1. The van der Waals surface area contributed by atoms with E-state index in [1.54, 1.807) is 0 Å². The Morgan fingerprint density at radius 1 is 1.50 bits per heavy atom. The number of nitrogens with two attached hydrogens (primary N) is 1. The molecule has 1 saturated heterocycles. The summed E-state index contributed by atoms with van der Waals surface area (Å²) in [5.41, 5.74) is 5.60. The maximum absolute atomic E-state index is 5.83. The quantitative estimate of drug-likeness (QED) is 0.563. The van der Waals surface area contributed by atoms with Crippen LogP contribution in [0.25, 0.3) is 0 Å². The van der Waals surface area contributed by atoms with Gasteiger partial charge in [-0.3, -0.25) is 4.90 Å². The summed E-state index contributed by atoms with van der Waals surface area (Å²) in [5.74, 6) is 0. The lowest BCUT2D eigenvalue weighted by Crippen LogP contribution is -2.71. The van der Waals surface area contributed by atoms with E-state index in [0.29, 0.717) is 0 Å². The van der Waals surface area contributed by atoms with Crippen molar-refractivity contribution in [1.82, 2.24) is 4.90 Å². The van der Waals surface area contributed by atoms with Gasteiger partial charge in [-0.25, -0.2) is 0 Å². The van der Waals surface area contributed by atoms with Crippen molar-refractivity contribution in [2.75, 3.05) is 14.1 Å². The lowest BCUT2D eigenvalue weighted by molar-refractivity contribution is -0.269. The van der Waals surface area contributed by atoms with Gasteiger partial charge in [0.05, 0.1) is 12.1 Å². The number of likely N-dealkylation sites (N-methyl/N-ethyl adjacent to an activating group) is 1. The molecule has 2 N–H and O–H groups in total. The number of rotatable bonds is 1. The zero-order valence-corrected chi connectivity index (χ0v) is 7.09. The topological polar surface area (TPSA) is 38.5 Å². The van der Waals surface area contributed by atoms with Crippen LogP contribution in [0.4, 0.5) is 0 Å².